The topological polar surface area (TPSA) is 62.6 Å². The lowest BCUT2D eigenvalue weighted by atomic mass is 9.96. The van der Waals surface area contributed by atoms with Gasteiger partial charge < -0.3 is 4.98 Å². The normalized spacial score (nSPS) is 16.8. The zero-order chi connectivity index (χ0) is 18.9. The molecule has 1 aliphatic rings. The molecule has 6 heteroatoms. The molecule has 3 aromatic heterocycles. The number of fused-ring (bicyclic) bond motifs is 1. The Hall–Kier alpha value is -3.25. The third-order valence-electron chi connectivity index (χ3n) is 5.43. The number of pyridine rings is 1. The number of hydrogen-bond acceptors (Lipinski definition) is 4. The predicted molar refractivity (Wildman–Crippen MR) is 107 cm³/mol. The highest BCUT2D eigenvalue weighted by atomic mass is 15.3. The Morgan fingerprint density at radius 3 is 2.86 bits per heavy atom. The monoisotopic (exact) mass is 370 g/mol. The van der Waals surface area contributed by atoms with Gasteiger partial charge in [0.1, 0.15) is 0 Å². The molecule has 0 saturated heterocycles. The summed E-state index contributed by atoms with van der Waals surface area (Å²) in [5, 5.41) is 4.60. The molecule has 140 valence electrons. The lowest BCUT2D eigenvalue weighted by Crippen LogP contribution is -2.35. The number of para-hydroxylation sites is 1. The standard InChI is InChI=1S/C22H22N6/c1-16-4-2-3-5-20(16)28-14-17(12-26-28)13-27-11-8-19-21(25-15-24-19)22(27)18-6-9-23-10-7-18/h2-7,9-10,12,14-15,22H,8,11,13H2,1H3,(H,24,25)/t22-/m1/s1. The maximum absolute atomic E-state index is 4.63. The van der Waals surface area contributed by atoms with Crippen molar-refractivity contribution in [3.63, 3.8) is 0 Å². The molecule has 1 N–H and O–H groups in total. The zero-order valence-electron chi connectivity index (χ0n) is 15.8. The Balaban J connectivity index is 1.45. The predicted octanol–water partition coefficient (Wildman–Crippen LogP) is 3.45. The van der Waals surface area contributed by atoms with Crippen molar-refractivity contribution in [3.05, 3.63) is 95.6 Å². The second-order valence-corrected chi connectivity index (χ2v) is 7.25. The van der Waals surface area contributed by atoms with Crippen LogP contribution in [0.2, 0.25) is 0 Å². The minimum Gasteiger partial charge on any atom is -0.348 e. The molecule has 0 aliphatic carbocycles. The molecule has 1 aromatic carbocycles. The van der Waals surface area contributed by atoms with Gasteiger partial charge >= 0.3 is 0 Å². The molecule has 1 atom stereocenters. The molecule has 0 fully saturated rings. The van der Waals surface area contributed by atoms with E-state index in [1.165, 1.54) is 22.4 Å². The van der Waals surface area contributed by atoms with Gasteiger partial charge in [-0.15, -0.1) is 0 Å². The highest BCUT2D eigenvalue weighted by Crippen LogP contribution is 2.34. The van der Waals surface area contributed by atoms with E-state index in [4.69, 9.17) is 0 Å². The first kappa shape index (κ1) is 16.9. The van der Waals surface area contributed by atoms with E-state index in [-0.39, 0.29) is 6.04 Å². The quantitative estimate of drug-likeness (QED) is 0.598. The van der Waals surface area contributed by atoms with Gasteiger partial charge in [0.05, 0.1) is 29.9 Å². The molecule has 0 spiro atoms. The van der Waals surface area contributed by atoms with Crippen molar-refractivity contribution in [2.45, 2.75) is 25.9 Å². The molecule has 28 heavy (non-hydrogen) atoms. The molecule has 0 unspecified atom stereocenters. The van der Waals surface area contributed by atoms with Gasteiger partial charge in [-0.25, -0.2) is 9.67 Å². The van der Waals surface area contributed by atoms with Crippen LogP contribution < -0.4 is 0 Å². The van der Waals surface area contributed by atoms with Crippen LogP contribution in [-0.2, 0) is 13.0 Å². The SMILES string of the molecule is Cc1ccccc1-n1cc(CN2CCc3[nH]cnc3[C@H]2c2ccncc2)cn1. The van der Waals surface area contributed by atoms with Crippen molar-refractivity contribution in [1.29, 1.82) is 0 Å². The maximum Gasteiger partial charge on any atom is 0.0926 e. The van der Waals surface area contributed by atoms with Crippen LogP contribution in [0.5, 0.6) is 0 Å². The highest BCUT2D eigenvalue weighted by Gasteiger charge is 2.31. The molecule has 4 aromatic rings. The van der Waals surface area contributed by atoms with E-state index in [0.29, 0.717) is 0 Å². The smallest absolute Gasteiger partial charge is 0.0926 e. The van der Waals surface area contributed by atoms with Crippen LogP contribution in [0.4, 0.5) is 0 Å². The van der Waals surface area contributed by atoms with Crippen LogP contribution in [0.3, 0.4) is 0 Å². The number of nitrogens with zero attached hydrogens (tertiary/aromatic N) is 5. The van der Waals surface area contributed by atoms with Crippen LogP contribution in [0.15, 0.2) is 67.5 Å². The summed E-state index contributed by atoms with van der Waals surface area (Å²) in [5.74, 6) is 0. The van der Waals surface area contributed by atoms with Gasteiger partial charge in [0.2, 0.25) is 0 Å². The van der Waals surface area contributed by atoms with E-state index in [0.717, 1.165) is 30.9 Å². The Morgan fingerprint density at radius 2 is 2.00 bits per heavy atom. The third-order valence-corrected chi connectivity index (χ3v) is 5.43. The van der Waals surface area contributed by atoms with Crippen LogP contribution in [0.25, 0.3) is 5.69 Å². The minimum atomic E-state index is 0.125. The summed E-state index contributed by atoms with van der Waals surface area (Å²) in [6.45, 7) is 3.91. The molecule has 0 amide bonds. The van der Waals surface area contributed by atoms with Crippen molar-refractivity contribution in [3.8, 4) is 5.69 Å². The van der Waals surface area contributed by atoms with Gasteiger partial charge in [0, 0.05) is 49.4 Å². The Kier molecular flexibility index (Phi) is 4.25. The van der Waals surface area contributed by atoms with E-state index in [9.17, 15) is 0 Å². The van der Waals surface area contributed by atoms with Gasteiger partial charge in [0.25, 0.3) is 0 Å². The fraction of sp³-hybridized carbons (Fsp3) is 0.227. The lowest BCUT2D eigenvalue weighted by Gasteiger charge is -2.34. The lowest BCUT2D eigenvalue weighted by molar-refractivity contribution is 0.200. The first-order valence-electron chi connectivity index (χ1n) is 9.55. The Labute approximate surface area is 163 Å². The van der Waals surface area contributed by atoms with Crippen LogP contribution in [0, 0.1) is 6.92 Å². The fourth-order valence-electron chi connectivity index (χ4n) is 4.04. The molecule has 0 bridgehead atoms. The number of aromatic amines is 1. The molecule has 5 rings (SSSR count). The van der Waals surface area contributed by atoms with Gasteiger partial charge in [-0.1, -0.05) is 18.2 Å². The van der Waals surface area contributed by atoms with Gasteiger partial charge in [0.15, 0.2) is 0 Å². The van der Waals surface area contributed by atoms with Gasteiger partial charge in [-0.05, 0) is 36.2 Å². The summed E-state index contributed by atoms with van der Waals surface area (Å²) in [6.07, 6.45) is 10.6. The summed E-state index contributed by atoms with van der Waals surface area (Å²) >= 11 is 0. The second-order valence-electron chi connectivity index (χ2n) is 7.25. The number of benzene rings is 1. The summed E-state index contributed by atoms with van der Waals surface area (Å²) in [4.78, 5) is 14.6. The van der Waals surface area contributed by atoms with E-state index in [1.807, 2.05) is 29.3 Å². The van der Waals surface area contributed by atoms with Crippen molar-refractivity contribution >= 4 is 0 Å². The van der Waals surface area contributed by atoms with Crippen molar-refractivity contribution < 1.29 is 0 Å². The van der Waals surface area contributed by atoms with Crippen molar-refractivity contribution in [1.82, 2.24) is 29.6 Å². The minimum absolute atomic E-state index is 0.125. The fourth-order valence-corrected chi connectivity index (χ4v) is 4.04. The largest absolute Gasteiger partial charge is 0.348 e. The number of hydrogen-bond donors (Lipinski definition) is 1. The Bertz CT molecular complexity index is 1080. The van der Waals surface area contributed by atoms with Crippen LogP contribution in [-0.4, -0.2) is 36.2 Å². The van der Waals surface area contributed by atoms with Crippen LogP contribution >= 0.6 is 0 Å². The van der Waals surface area contributed by atoms with E-state index in [2.05, 4.69) is 68.4 Å². The van der Waals surface area contributed by atoms with Gasteiger partial charge in [-0.2, -0.15) is 5.10 Å². The second kappa shape index (κ2) is 7.05. The summed E-state index contributed by atoms with van der Waals surface area (Å²) in [6, 6.07) is 12.6. The highest BCUT2D eigenvalue weighted by molar-refractivity contribution is 5.39. The summed E-state index contributed by atoms with van der Waals surface area (Å²) < 4.78 is 1.97. The molecule has 1 aliphatic heterocycles. The molecule has 0 radical (unpaired) electrons. The Morgan fingerprint density at radius 1 is 1.14 bits per heavy atom. The number of nitrogens with one attached hydrogen (secondary N) is 1. The van der Waals surface area contributed by atoms with Crippen molar-refractivity contribution in [2.24, 2.45) is 0 Å². The number of imidazole rings is 1. The van der Waals surface area contributed by atoms with E-state index in [1.54, 1.807) is 6.33 Å². The number of H-pyrrole nitrogens is 1. The number of aromatic nitrogens is 5. The molecule has 6 nitrogen and oxygen atoms in total. The molecule has 0 saturated carbocycles. The van der Waals surface area contributed by atoms with Crippen LogP contribution in [0.1, 0.15) is 34.1 Å². The summed E-state index contributed by atoms with van der Waals surface area (Å²) in [5.41, 5.74) is 7.09. The number of aryl methyl sites for hydroxylation is 1. The van der Waals surface area contributed by atoms with Crippen molar-refractivity contribution in [2.75, 3.05) is 6.54 Å². The maximum atomic E-state index is 4.63. The average molecular weight is 370 g/mol. The van der Waals surface area contributed by atoms with E-state index >= 15 is 0 Å². The molecular formula is C22H22N6. The van der Waals surface area contributed by atoms with Gasteiger partial charge in [-0.3, -0.25) is 9.88 Å². The summed E-state index contributed by atoms with van der Waals surface area (Å²) in [7, 11) is 0. The zero-order valence-corrected chi connectivity index (χ0v) is 15.8. The molecular weight excluding hydrogens is 348 g/mol. The molecule has 4 heterocycles. The first-order chi connectivity index (χ1) is 13.8. The van der Waals surface area contributed by atoms with E-state index < -0.39 is 0 Å². The first-order valence-corrected chi connectivity index (χ1v) is 9.55. The number of rotatable bonds is 4. The average Bonchev–Trinajstić information content (AvgIpc) is 3.38. The third kappa shape index (κ3) is 3.01.